The molecule has 94 valence electrons. The lowest BCUT2D eigenvalue weighted by molar-refractivity contribution is -0.117. The summed E-state index contributed by atoms with van der Waals surface area (Å²) >= 11 is 0. The minimum Gasteiger partial charge on any atom is -0.295 e. The highest BCUT2D eigenvalue weighted by Gasteiger charge is 2.50. The zero-order chi connectivity index (χ0) is 12.0. The standard InChI is InChI=1S/C16H24O/c1-11(2)15(17)3-4-16-8-12-5-13(9-16)7-14(6-12)10-16/h12-14H,1,3-10H2,2H3. The zero-order valence-electron chi connectivity index (χ0n) is 11.0. The maximum Gasteiger partial charge on any atom is 0.158 e. The second kappa shape index (κ2) is 3.96. The fourth-order valence-corrected chi connectivity index (χ4v) is 5.19. The first-order valence-electron chi connectivity index (χ1n) is 7.25. The van der Waals surface area contributed by atoms with E-state index >= 15 is 0 Å². The van der Waals surface area contributed by atoms with E-state index in [1.165, 1.54) is 38.5 Å². The second-order valence-electron chi connectivity index (χ2n) is 7.12. The molecule has 4 aliphatic carbocycles. The van der Waals surface area contributed by atoms with Crippen molar-refractivity contribution in [2.75, 3.05) is 0 Å². The zero-order valence-corrected chi connectivity index (χ0v) is 11.0. The Balaban J connectivity index is 1.66. The smallest absolute Gasteiger partial charge is 0.158 e. The van der Waals surface area contributed by atoms with Crippen LogP contribution < -0.4 is 0 Å². The monoisotopic (exact) mass is 232 g/mol. The van der Waals surface area contributed by atoms with Crippen molar-refractivity contribution in [1.29, 1.82) is 0 Å². The molecule has 0 spiro atoms. The van der Waals surface area contributed by atoms with Crippen LogP contribution in [-0.4, -0.2) is 5.78 Å². The van der Waals surface area contributed by atoms with Crippen LogP contribution in [0.4, 0.5) is 0 Å². The number of hydrogen-bond acceptors (Lipinski definition) is 1. The molecule has 0 N–H and O–H groups in total. The maximum absolute atomic E-state index is 11.7. The van der Waals surface area contributed by atoms with E-state index in [0.29, 0.717) is 11.2 Å². The van der Waals surface area contributed by atoms with Gasteiger partial charge in [-0.2, -0.15) is 0 Å². The Bertz CT molecular complexity index is 317. The molecule has 0 heterocycles. The van der Waals surface area contributed by atoms with Crippen LogP contribution in [0.5, 0.6) is 0 Å². The van der Waals surface area contributed by atoms with E-state index in [-0.39, 0.29) is 0 Å². The van der Waals surface area contributed by atoms with Crippen molar-refractivity contribution >= 4 is 5.78 Å². The summed E-state index contributed by atoms with van der Waals surface area (Å²) in [4.78, 5) is 11.7. The highest BCUT2D eigenvalue weighted by molar-refractivity contribution is 5.94. The van der Waals surface area contributed by atoms with Crippen LogP contribution in [0.1, 0.15) is 58.3 Å². The Morgan fingerprint density at radius 3 is 2.00 bits per heavy atom. The van der Waals surface area contributed by atoms with Gasteiger partial charge in [-0.1, -0.05) is 6.58 Å². The predicted octanol–water partition coefficient (Wildman–Crippen LogP) is 4.13. The summed E-state index contributed by atoms with van der Waals surface area (Å²) in [5.41, 5.74) is 1.30. The van der Waals surface area contributed by atoms with Gasteiger partial charge in [0.15, 0.2) is 5.78 Å². The van der Waals surface area contributed by atoms with Crippen molar-refractivity contribution in [3.05, 3.63) is 12.2 Å². The van der Waals surface area contributed by atoms with E-state index in [0.717, 1.165) is 36.2 Å². The predicted molar refractivity (Wildman–Crippen MR) is 69.7 cm³/mol. The Morgan fingerprint density at radius 2 is 1.59 bits per heavy atom. The molecule has 0 radical (unpaired) electrons. The number of rotatable bonds is 4. The summed E-state index contributed by atoms with van der Waals surface area (Å²) in [5.74, 6) is 3.30. The van der Waals surface area contributed by atoms with Gasteiger partial charge in [-0.3, -0.25) is 4.79 Å². The van der Waals surface area contributed by atoms with Gasteiger partial charge in [0.05, 0.1) is 0 Å². The molecule has 4 saturated carbocycles. The third-order valence-electron chi connectivity index (χ3n) is 5.52. The van der Waals surface area contributed by atoms with Crippen LogP contribution in [0.15, 0.2) is 12.2 Å². The number of Topliss-reactive ketones (excluding diaryl/α,β-unsaturated/α-hetero) is 1. The number of ketones is 1. The molecule has 0 aliphatic heterocycles. The largest absolute Gasteiger partial charge is 0.295 e. The molecule has 4 aliphatic rings. The summed E-state index contributed by atoms with van der Waals surface area (Å²) in [6.45, 7) is 5.62. The highest BCUT2D eigenvalue weighted by Crippen LogP contribution is 2.61. The molecular formula is C16H24O. The lowest BCUT2D eigenvalue weighted by Gasteiger charge is -2.57. The van der Waals surface area contributed by atoms with E-state index in [1.54, 1.807) is 0 Å². The first kappa shape index (κ1) is 11.5. The van der Waals surface area contributed by atoms with E-state index in [1.807, 2.05) is 6.92 Å². The van der Waals surface area contributed by atoms with Crippen LogP contribution in [0, 0.1) is 23.2 Å². The second-order valence-corrected chi connectivity index (χ2v) is 7.12. The maximum atomic E-state index is 11.7. The summed E-state index contributed by atoms with van der Waals surface area (Å²) in [6, 6.07) is 0. The molecule has 0 atom stereocenters. The van der Waals surface area contributed by atoms with Crippen molar-refractivity contribution in [2.24, 2.45) is 23.2 Å². The van der Waals surface area contributed by atoms with E-state index in [4.69, 9.17) is 0 Å². The van der Waals surface area contributed by atoms with Crippen LogP contribution in [0.25, 0.3) is 0 Å². The Kier molecular flexibility index (Phi) is 2.68. The molecule has 0 aromatic rings. The van der Waals surface area contributed by atoms with E-state index in [2.05, 4.69) is 6.58 Å². The third kappa shape index (κ3) is 2.09. The van der Waals surface area contributed by atoms with Gasteiger partial charge in [-0.25, -0.2) is 0 Å². The molecule has 1 nitrogen and oxygen atoms in total. The van der Waals surface area contributed by atoms with Crippen molar-refractivity contribution in [1.82, 2.24) is 0 Å². The highest BCUT2D eigenvalue weighted by atomic mass is 16.1. The average Bonchev–Trinajstić information content (AvgIpc) is 2.24. The van der Waals surface area contributed by atoms with Crippen molar-refractivity contribution < 1.29 is 4.79 Å². The Morgan fingerprint density at radius 1 is 1.12 bits per heavy atom. The molecule has 0 saturated heterocycles. The van der Waals surface area contributed by atoms with Gasteiger partial charge >= 0.3 is 0 Å². The van der Waals surface area contributed by atoms with Gasteiger partial charge in [0.1, 0.15) is 0 Å². The van der Waals surface area contributed by atoms with Gasteiger partial charge in [-0.15, -0.1) is 0 Å². The first-order valence-corrected chi connectivity index (χ1v) is 7.25. The van der Waals surface area contributed by atoms with Crippen molar-refractivity contribution in [3.63, 3.8) is 0 Å². The van der Waals surface area contributed by atoms with Crippen LogP contribution in [0.2, 0.25) is 0 Å². The summed E-state index contributed by atoms with van der Waals surface area (Å²) in [6.07, 6.45) is 10.6. The summed E-state index contributed by atoms with van der Waals surface area (Å²) in [7, 11) is 0. The topological polar surface area (TPSA) is 17.1 Å². The number of allylic oxidation sites excluding steroid dienone is 1. The fraction of sp³-hybridized carbons (Fsp3) is 0.812. The molecular weight excluding hydrogens is 208 g/mol. The normalized spacial score (nSPS) is 42.8. The Labute approximate surface area is 105 Å². The minimum absolute atomic E-state index is 0.292. The molecule has 0 unspecified atom stereocenters. The quantitative estimate of drug-likeness (QED) is 0.666. The fourth-order valence-electron chi connectivity index (χ4n) is 5.19. The Hall–Kier alpha value is -0.590. The van der Waals surface area contributed by atoms with E-state index < -0.39 is 0 Å². The van der Waals surface area contributed by atoms with Gasteiger partial charge in [0, 0.05) is 6.42 Å². The first-order chi connectivity index (χ1) is 8.06. The lowest BCUT2D eigenvalue weighted by Crippen LogP contribution is -2.46. The summed E-state index contributed by atoms with van der Waals surface area (Å²) < 4.78 is 0. The molecule has 4 fully saturated rings. The van der Waals surface area contributed by atoms with Gasteiger partial charge in [0.25, 0.3) is 0 Å². The average molecular weight is 232 g/mol. The van der Waals surface area contributed by atoms with Crippen molar-refractivity contribution in [2.45, 2.75) is 58.3 Å². The SMILES string of the molecule is C=C(C)C(=O)CCC12CC3CC(CC(C3)C1)C2. The minimum atomic E-state index is 0.292. The van der Waals surface area contributed by atoms with Gasteiger partial charge in [-0.05, 0) is 80.6 Å². The molecule has 4 bridgehead atoms. The number of hydrogen-bond donors (Lipinski definition) is 0. The molecule has 1 heteroatoms. The third-order valence-corrected chi connectivity index (χ3v) is 5.52. The van der Waals surface area contributed by atoms with Crippen molar-refractivity contribution in [3.8, 4) is 0 Å². The lowest BCUT2D eigenvalue weighted by atomic mass is 9.48. The van der Waals surface area contributed by atoms with Crippen LogP contribution in [0.3, 0.4) is 0 Å². The van der Waals surface area contributed by atoms with Crippen LogP contribution in [-0.2, 0) is 4.79 Å². The summed E-state index contributed by atoms with van der Waals surface area (Å²) in [5, 5.41) is 0. The molecule has 0 aromatic carbocycles. The molecule has 0 aromatic heterocycles. The van der Waals surface area contributed by atoms with Crippen LogP contribution >= 0.6 is 0 Å². The number of carbonyl (C=O) groups excluding carboxylic acids is 1. The molecule has 0 amide bonds. The van der Waals surface area contributed by atoms with E-state index in [9.17, 15) is 4.79 Å². The van der Waals surface area contributed by atoms with Gasteiger partial charge in [0.2, 0.25) is 0 Å². The molecule has 17 heavy (non-hydrogen) atoms. The number of carbonyl (C=O) groups is 1. The molecule has 4 rings (SSSR count). The van der Waals surface area contributed by atoms with Gasteiger partial charge < -0.3 is 0 Å².